The van der Waals surface area contributed by atoms with Crippen molar-refractivity contribution in [2.24, 2.45) is 5.92 Å². The van der Waals surface area contributed by atoms with Crippen LogP contribution in [0.3, 0.4) is 0 Å². The third-order valence-electron chi connectivity index (χ3n) is 6.90. The van der Waals surface area contributed by atoms with E-state index < -0.39 is 11.9 Å². The first-order valence-corrected chi connectivity index (χ1v) is 13.0. The van der Waals surface area contributed by atoms with Gasteiger partial charge in [-0.1, -0.05) is 15.9 Å². The zero-order valence-corrected chi connectivity index (χ0v) is 21.6. The standard InChI is InChI=1S/C26H26BrF3N4O2/c1-3-33-14-21(24(32-33)26(28,29)30)19-10-15(13-27)11-20-18(19)7-9-34(25(20)35)23(16-4-5-16)22-12-17(36-2)6-8-31-22/h6,8,10-12,14,16,23H,3-5,7,9,13H2,1-2H3/t23-/m0/s1. The Hall–Kier alpha value is -2.88. The summed E-state index contributed by atoms with van der Waals surface area (Å²) in [6.45, 7) is 2.45. The lowest BCUT2D eigenvalue weighted by Gasteiger charge is -2.36. The number of halogens is 4. The van der Waals surface area contributed by atoms with Gasteiger partial charge in [-0.25, -0.2) is 0 Å². The topological polar surface area (TPSA) is 60.2 Å². The normalized spacial score (nSPS) is 16.7. The lowest BCUT2D eigenvalue weighted by Crippen LogP contribution is -2.41. The molecule has 1 aromatic carbocycles. The average molecular weight is 563 g/mol. The molecule has 3 heterocycles. The van der Waals surface area contributed by atoms with Crippen molar-refractivity contribution in [3.05, 3.63) is 64.7 Å². The zero-order chi connectivity index (χ0) is 25.6. The van der Waals surface area contributed by atoms with Gasteiger partial charge in [-0.15, -0.1) is 0 Å². The molecule has 2 aliphatic rings. The van der Waals surface area contributed by atoms with Crippen molar-refractivity contribution in [3.63, 3.8) is 0 Å². The maximum atomic E-state index is 13.9. The van der Waals surface area contributed by atoms with Gasteiger partial charge in [-0.2, -0.15) is 18.3 Å². The molecule has 0 spiro atoms. The highest BCUT2D eigenvalue weighted by molar-refractivity contribution is 9.08. The third-order valence-corrected chi connectivity index (χ3v) is 7.55. The first-order valence-electron chi connectivity index (χ1n) is 11.9. The molecule has 190 valence electrons. The summed E-state index contributed by atoms with van der Waals surface area (Å²) in [4.78, 5) is 20.3. The Morgan fingerprint density at radius 1 is 1.19 bits per heavy atom. The summed E-state index contributed by atoms with van der Waals surface area (Å²) >= 11 is 3.43. The number of benzene rings is 1. The number of aryl methyl sites for hydroxylation is 1. The van der Waals surface area contributed by atoms with Crippen molar-refractivity contribution in [1.29, 1.82) is 0 Å². The van der Waals surface area contributed by atoms with Crippen LogP contribution in [-0.2, 0) is 24.5 Å². The molecule has 1 atom stereocenters. The van der Waals surface area contributed by atoms with Crippen molar-refractivity contribution in [2.45, 2.75) is 50.3 Å². The summed E-state index contributed by atoms with van der Waals surface area (Å²) in [6.07, 6.45) is 0.946. The molecule has 1 fully saturated rings. The number of aromatic nitrogens is 3. The van der Waals surface area contributed by atoms with E-state index in [0.717, 1.165) is 24.1 Å². The molecule has 0 N–H and O–H groups in total. The Balaban J connectivity index is 1.61. The Kier molecular flexibility index (Phi) is 6.57. The number of hydrogen-bond donors (Lipinski definition) is 0. The maximum Gasteiger partial charge on any atom is 0.435 e. The number of ether oxygens (including phenoxy) is 1. The fourth-order valence-corrected chi connectivity index (χ4v) is 5.36. The second-order valence-corrected chi connectivity index (χ2v) is 9.76. The number of methoxy groups -OCH3 is 1. The minimum absolute atomic E-state index is 0.0119. The number of carbonyl (C=O) groups excluding carboxylic acids is 1. The number of fused-ring (bicyclic) bond motifs is 1. The number of nitrogens with zero attached hydrogens (tertiary/aromatic N) is 4. The van der Waals surface area contributed by atoms with Crippen LogP contribution in [0.4, 0.5) is 13.2 Å². The van der Waals surface area contributed by atoms with Crippen LogP contribution in [0.1, 0.15) is 58.7 Å². The minimum Gasteiger partial charge on any atom is -0.497 e. The van der Waals surface area contributed by atoms with Gasteiger partial charge in [-0.05, 0) is 67.0 Å². The maximum absolute atomic E-state index is 13.9. The molecular formula is C26H26BrF3N4O2. The molecule has 1 aliphatic heterocycles. The number of alkyl halides is 4. The molecule has 5 rings (SSSR count). The van der Waals surface area contributed by atoms with Crippen LogP contribution in [0.2, 0.25) is 0 Å². The molecule has 0 bridgehead atoms. The van der Waals surface area contributed by atoms with Crippen molar-refractivity contribution >= 4 is 21.8 Å². The van der Waals surface area contributed by atoms with Gasteiger partial charge in [0, 0.05) is 48.0 Å². The number of hydrogen-bond acceptors (Lipinski definition) is 4. The van der Waals surface area contributed by atoms with Crippen molar-refractivity contribution in [1.82, 2.24) is 19.7 Å². The van der Waals surface area contributed by atoms with E-state index in [0.29, 0.717) is 53.2 Å². The predicted molar refractivity (Wildman–Crippen MR) is 132 cm³/mol. The van der Waals surface area contributed by atoms with Gasteiger partial charge in [0.25, 0.3) is 5.91 Å². The highest BCUT2D eigenvalue weighted by Gasteiger charge is 2.43. The third kappa shape index (κ3) is 4.51. The monoisotopic (exact) mass is 562 g/mol. The van der Waals surface area contributed by atoms with Crippen molar-refractivity contribution in [2.75, 3.05) is 13.7 Å². The Morgan fingerprint density at radius 2 is 1.94 bits per heavy atom. The highest BCUT2D eigenvalue weighted by Crippen LogP contribution is 2.47. The fourth-order valence-electron chi connectivity index (χ4n) is 5.04. The van der Waals surface area contributed by atoms with E-state index in [4.69, 9.17) is 4.74 Å². The predicted octanol–water partition coefficient (Wildman–Crippen LogP) is 6.04. The SMILES string of the molecule is CCn1cc(-c2cc(CBr)cc3c2CCN([C@H](c2cc(OC)ccn2)C2CC2)C3=O)c(C(F)(F)F)n1. The summed E-state index contributed by atoms with van der Waals surface area (Å²) in [7, 11) is 1.59. The number of amides is 1. The highest BCUT2D eigenvalue weighted by atomic mass is 79.9. The van der Waals surface area contributed by atoms with Gasteiger partial charge in [0.15, 0.2) is 5.69 Å². The molecule has 2 aromatic heterocycles. The molecular weight excluding hydrogens is 537 g/mol. The van der Waals surface area contributed by atoms with Crippen LogP contribution in [0.15, 0.2) is 36.7 Å². The van der Waals surface area contributed by atoms with E-state index in [-0.39, 0.29) is 17.5 Å². The Bertz CT molecular complexity index is 1300. The average Bonchev–Trinajstić information content (AvgIpc) is 3.60. The fraction of sp³-hybridized carbons (Fsp3) is 0.423. The second-order valence-electron chi connectivity index (χ2n) is 9.20. The Labute approximate surface area is 215 Å². The van der Waals surface area contributed by atoms with Crippen LogP contribution >= 0.6 is 15.9 Å². The molecule has 36 heavy (non-hydrogen) atoms. The van der Waals surface area contributed by atoms with Crippen molar-refractivity contribution < 1.29 is 22.7 Å². The van der Waals surface area contributed by atoms with E-state index in [2.05, 4.69) is 26.0 Å². The summed E-state index contributed by atoms with van der Waals surface area (Å²) in [5.74, 6) is 0.791. The molecule has 1 amide bonds. The van der Waals surface area contributed by atoms with Crippen LogP contribution in [0.25, 0.3) is 11.1 Å². The van der Waals surface area contributed by atoms with E-state index in [1.165, 1.54) is 10.9 Å². The molecule has 0 radical (unpaired) electrons. The number of carbonyl (C=O) groups is 1. The van der Waals surface area contributed by atoms with Crippen LogP contribution in [-0.4, -0.2) is 39.2 Å². The molecule has 3 aromatic rings. The van der Waals surface area contributed by atoms with Gasteiger partial charge in [0.05, 0.1) is 18.8 Å². The quantitative estimate of drug-likeness (QED) is 0.329. The molecule has 1 aliphatic carbocycles. The molecule has 0 unspecified atom stereocenters. The summed E-state index contributed by atoms with van der Waals surface area (Å²) < 4.78 is 48.4. The zero-order valence-electron chi connectivity index (χ0n) is 20.0. The van der Waals surface area contributed by atoms with E-state index in [9.17, 15) is 18.0 Å². The van der Waals surface area contributed by atoms with E-state index in [1.54, 1.807) is 38.4 Å². The van der Waals surface area contributed by atoms with Gasteiger partial charge in [0.2, 0.25) is 0 Å². The summed E-state index contributed by atoms with van der Waals surface area (Å²) in [5.41, 5.74) is 2.09. The minimum atomic E-state index is -4.60. The van der Waals surface area contributed by atoms with E-state index >= 15 is 0 Å². The van der Waals surface area contributed by atoms with Crippen LogP contribution in [0.5, 0.6) is 5.75 Å². The largest absolute Gasteiger partial charge is 0.497 e. The van der Waals surface area contributed by atoms with Gasteiger partial charge >= 0.3 is 6.18 Å². The first kappa shape index (κ1) is 24.8. The summed E-state index contributed by atoms with van der Waals surface area (Å²) in [5, 5.41) is 4.20. The lowest BCUT2D eigenvalue weighted by molar-refractivity contribution is -0.141. The molecule has 1 saturated carbocycles. The van der Waals surface area contributed by atoms with Crippen LogP contribution < -0.4 is 4.74 Å². The lowest BCUT2D eigenvalue weighted by atomic mass is 9.87. The van der Waals surface area contributed by atoms with E-state index in [1.807, 2.05) is 11.0 Å². The van der Waals surface area contributed by atoms with Gasteiger partial charge < -0.3 is 9.64 Å². The smallest absolute Gasteiger partial charge is 0.435 e. The van der Waals surface area contributed by atoms with Crippen LogP contribution in [0, 0.1) is 5.92 Å². The number of pyridine rings is 1. The second kappa shape index (κ2) is 9.53. The Morgan fingerprint density at radius 3 is 2.58 bits per heavy atom. The molecule has 0 saturated heterocycles. The molecule has 10 heteroatoms. The number of rotatable bonds is 7. The van der Waals surface area contributed by atoms with Crippen molar-refractivity contribution in [3.8, 4) is 16.9 Å². The first-order chi connectivity index (χ1) is 17.2. The summed E-state index contributed by atoms with van der Waals surface area (Å²) in [6, 6.07) is 6.96. The van der Waals surface area contributed by atoms with Gasteiger partial charge in [0.1, 0.15) is 5.75 Å². The van der Waals surface area contributed by atoms with Gasteiger partial charge in [-0.3, -0.25) is 14.5 Å². The molecule has 6 nitrogen and oxygen atoms in total.